The van der Waals surface area contributed by atoms with Crippen LogP contribution in [0.2, 0.25) is 0 Å². The van der Waals surface area contributed by atoms with Crippen molar-refractivity contribution < 1.29 is 0 Å². The number of nitrogens with zero attached hydrogens (tertiary/aromatic N) is 5. The van der Waals surface area contributed by atoms with E-state index in [0.29, 0.717) is 17.2 Å². The van der Waals surface area contributed by atoms with Gasteiger partial charge in [-0.1, -0.05) is 18.2 Å². The largest absolute Gasteiger partial charge is 0.382 e. The van der Waals surface area contributed by atoms with Crippen LogP contribution in [0.1, 0.15) is 0 Å². The van der Waals surface area contributed by atoms with Crippen LogP contribution in [0.4, 0.5) is 11.6 Å². The number of aromatic amines is 2. The summed E-state index contributed by atoms with van der Waals surface area (Å²) in [6, 6.07) is 11.6. The highest BCUT2D eigenvalue weighted by molar-refractivity contribution is 6.06. The number of nitrogen functional groups attached to an aromatic ring is 2. The van der Waals surface area contributed by atoms with Gasteiger partial charge in [-0.05, 0) is 18.2 Å². The van der Waals surface area contributed by atoms with Crippen LogP contribution >= 0.6 is 0 Å². The molecule has 0 amide bonds. The molecule has 9 heteroatoms. The molecule has 5 aromatic heterocycles. The lowest BCUT2D eigenvalue weighted by Gasteiger charge is -1.99. The molecule has 5 heterocycles. The Hall–Kier alpha value is -4.27. The first kappa shape index (κ1) is 15.9. The van der Waals surface area contributed by atoms with E-state index in [-0.39, 0.29) is 0 Å². The molecule has 0 unspecified atom stereocenters. The molecule has 1 aromatic carbocycles. The van der Waals surface area contributed by atoms with Gasteiger partial charge in [-0.15, -0.1) is 0 Å². The van der Waals surface area contributed by atoms with Crippen molar-refractivity contribution >= 4 is 55.6 Å². The lowest BCUT2D eigenvalue weighted by Crippen LogP contribution is -1.93. The van der Waals surface area contributed by atoms with E-state index in [0.717, 1.165) is 38.5 Å². The predicted molar refractivity (Wildman–Crippen MR) is 109 cm³/mol. The highest BCUT2D eigenvalue weighted by atomic mass is 15.0. The van der Waals surface area contributed by atoms with Crippen LogP contribution in [0.5, 0.6) is 0 Å². The number of pyridine rings is 3. The number of anilines is 2. The average molecular weight is 369 g/mol. The van der Waals surface area contributed by atoms with E-state index in [2.05, 4.69) is 34.9 Å². The third-order valence-electron chi connectivity index (χ3n) is 4.45. The normalized spacial score (nSPS) is 11.1. The lowest BCUT2D eigenvalue weighted by atomic mass is 10.2. The molecule has 6 aromatic rings. The molecule has 0 bridgehead atoms. The Morgan fingerprint density at radius 1 is 0.679 bits per heavy atom. The summed E-state index contributed by atoms with van der Waals surface area (Å²) in [6.07, 6.45) is 4.95. The number of hydrogen-bond donors (Lipinski definition) is 4. The van der Waals surface area contributed by atoms with Gasteiger partial charge in [-0.25, -0.2) is 24.9 Å². The highest BCUT2D eigenvalue weighted by Crippen LogP contribution is 2.24. The van der Waals surface area contributed by atoms with Gasteiger partial charge in [0.15, 0.2) is 5.82 Å². The molecular weight excluding hydrogens is 354 g/mol. The molecule has 0 atom stereocenters. The Bertz CT molecular complexity index is 1340. The maximum absolute atomic E-state index is 5.78. The number of imidazole rings is 2. The van der Waals surface area contributed by atoms with Gasteiger partial charge in [0.05, 0.1) is 22.9 Å². The minimum atomic E-state index is 0.421. The second-order valence-electron chi connectivity index (χ2n) is 6.14. The average Bonchev–Trinajstić information content (AvgIpc) is 3.40. The van der Waals surface area contributed by atoms with E-state index in [9.17, 15) is 0 Å². The van der Waals surface area contributed by atoms with Crippen LogP contribution in [0.15, 0.2) is 55.2 Å². The number of rotatable bonds is 0. The minimum Gasteiger partial charge on any atom is -0.382 e. The first-order valence-electron chi connectivity index (χ1n) is 8.53. The standard InChI is InChI=1S/C10H8N4.C9H7N5/c11-10-9-8(12-5-13-9)6-3-1-2-4-7(6)14-10;10-9-8-7(12-4-13-8)6-5(14-9)2-1-3-11-6/h1-5H,(H2,11,14)(H,12,13);1-4,11H,(H2,10,14). The number of benzene rings is 1. The van der Waals surface area contributed by atoms with Gasteiger partial charge in [0.2, 0.25) is 0 Å². The second-order valence-corrected chi connectivity index (χ2v) is 6.14. The fourth-order valence-corrected chi connectivity index (χ4v) is 3.18. The maximum Gasteiger partial charge on any atom is 0.152 e. The quantitative estimate of drug-likeness (QED) is 0.322. The first-order valence-corrected chi connectivity index (χ1v) is 8.53. The molecule has 6 rings (SSSR count). The zero-order chi connectivity index (χ0) is 19.1. The number of fused-ring (bicyclic) bond motifs is 6. The van der Waals surface area contributed by atoms with Gasteiger partial charge in [0.25, 0.3) is 0 Å². The van der Waals surface area contributed by atoms with Gasteiger partial charge in [-0.2, -0.15) is 0 Å². The molecule has 136 valence electrons. The van der Waals surface area contributed by atoms with Crippen molar-refractivity contribution in [1.29, 1.82) is 0 Å². The number of para-hydroxylation sites is 1. The zero-order valence-corrected chi connectivity index (χ0v) is 14.6. The molecule has 0 aliphatic heterocycles. The van der Waals surface area contributed by atoms with Crippen LogP contribution in [-0.4, -0.2) is 34.9 Å². The summed E-state index contributed by atoms with van der Waals surface area (Å²) in [4.78, 5) is 27.0. The van der Waals surface area contributed by atoms with Crippen LogP contribution in [0.25, 0.3) is 44.0 Å². The van der Waals surface area contributed by atoms with Crippen molar-refractivity contribution in [2.24, 2.45) is 0 Å². The van der Waals surface area contributed by atoms with Crippen molar-refractivity contribution in [1.82, 2.24) is 34.9 Å². The van der Waals surface area contributed by atoms with Crippen LogP contribution < -0.4 is 11.5 Å². The number of nitrogens with two attached hydrogens (primary N) is 2. The molecule has 0 saturated carbocycles. The minimum absolute atomic E-state index is 0.421. The molecule has 9 nitrogen and oxygen atoms in total. The van der Waals surface area contributed by atoms with Gasteiger partial charge < -0.3 is 21.4 Å². The highest BCUT2D eigenvalue weighted by Gasteiger charge is 2.08. The Kier molecular flexibility index (Phi) is 3.51. The van der Waals surface area contributed by atoms with E-state index < -0.39 is 0 Å². The molecule has 0 spiro atoms. The first-order chi connectivity index (χ1) is 13.7. The zero-order valence-electron chi connectivity index (χ0n) is 14.6. The third kappa shape index (κ3) is 2.45. The van der Waals surface area contributed by atoms with Crippen molar-refractivity contribution in [3.8, 4) is 0 Å². The summed E-state index contributed by atoms with van der Waals surface area (Å²) < 4.78 is 0. The van der Waals surface area contributed by atoms with E-state index in [1.807, 2.05) is 42.6 Å². The Labute approximate surface area is 157 Å². The molecule has 6 N–H and O–H groups in total. The van der Waals surface area contributed by atoms with Crippen LogP contribution in [0, 0.1) is 0 Å². The fourth-order valence-electron chi connectivity index (χ4n) is 3.18. The third-order valence-corrected chi connectivity index (χ3v) is 4.45. The van der Waals surface area contributed by atoms with E-state index in [1.54, 1.807) is 6.33 Å². The van der Waals surface area contributed by atoms with Gasteiger partial charge in [-0.3, -0.25) is 0 Å². The predicted octanol–water partition coefficient (Wildman–Crippen LogP) is 2.78. The Balaban J connectivity index is 0.000000122. The number of aromatic nitrogens is 7. The maximum atomic E-state index is 5.78. The number of H-pyrrole nitrogens is 2. The van der Waals surface area contributed by atoms with E-state index in [4.69, 9.17) is 11.5 Å². The summed E-state index contributed by atoms with van der Waals surface area (Å²) in [6.45, 7) is 0. The fraction of sp³-hybridized carbons (Fsp3) is 0. The summed E-state index contributed by atoms with van der Waals surface area (Å²) >= 11 is 0. The molecule has 0 aliphatic carbocycles. The second kappa shape index (κ2) is 6.16. The smallest absolute Gasteiger partial charge is 0.152 e. The summed E-state index contributed by atoms with van der Waals surface area (Å²) in [7, 11) is 0. The molecule has 28 heavy (non-hydrogen) atoms. The van der Waals surface area contributed by atoms with Crippen LogP contribution in [-0.2, 0) is 0 Å². The SMILES string of the molecule is Nc1nc2ccc[nH]c2c2ncnc12.Nc1nc2ccccc2c2nc[nH]c12. The molecule has 0 aliphatic rings. The van der Waals surface area contributed by atoms with Gasteiger partial charge in [0, 0.05) is 11.6 Å². The van der Waals surface area contributed by atoms with Gasteiger partial charge in [0.1, 0.15) is 34.2 Å². The summed E-state index contributed by atoms with van der Waals surface area (Å²) in [5.74, 6) is 0.917. The van der Waals surface area contributed by atoms with Crippen molar-refractivity contribution in [3.05, 3.63) is 55.2 Å². The molecular formula is C19H15N9. The van der Waals surface area contributed by atoms with Crippen molar-refractivity contribution in [3.63, 3.8) is 0 Å². The summed E-state index contributed by atoms with van der Waals surface area (Å²) in [5, 5.41) is 1.03. The number of nitrogens with one attached hydrogen (secondary N) is 2. The lowest BCUT2D eigenvalue weighted by molar-refractivity contribution is 1.34. The topological polar surface area (TPSA) is 148 Å². The van der Waals surface area contributed by atoms with E-state index in [1.165, 1.54) is 6.33 Å². The van der Waals surface area contributed by atoms with Gasteiger partial charge >= 0.3 is 0 Å². The van der Waals surface area contributed by atoms with Crippen molar-refractivity contribution in [2.75, 3.05) is 11.5 Å². The van der Waals surface area contributed by atoms with Crippen LogP contribution in [0.3, 0.4) is 0 Å². The Morgan fingerprint density at radius 2 is 1.46 bits per heavy atom. The number of hydrogen-bond acceptors (Lipinski definition) is 7. The monoisotopic (exact) mass is 369 g/mol. The molecule has 0 fully saturated rings. The Morgan fingerprint density at radius 3 is 2.39 bits per heavy atom. The van der Waals surface area contributed by atoms with Crippen molar-refractivity contribution in [2.45, 2.75) is 0 Å². The molecule has 0 saturated heterocycles. The van der Waals surface area contributed by atoms with E-state index >= 15 is 0 Å². The summed E-state index contributed by atoms with van der Waals surface area (Å²) in [5.41, 5.74) is 17.2. The molecule has 0 radical (unpaired) electrons.